The van der Waals surface area contributed by atoms with E-state index in [2.05, 4.69) is 6.92 Å². The van der Waals surface area contributed by atoms with Gasteiger partial charge in [-0.3, -0.25) is 4.79 Å². The van der Waals surface area contributed by atoms with Crippen molar-refractivity contribution in [3.05, 3.63) is 108 Å². The van der Waals surface area contributed by atoms with Gasteiger partial charge in [0.25, 0.3) is 0 Å². The van der Waals surface area contributed by atoms with Crippen LogP contribution in [-0.2, 0) is 57.8 Å². The molecule has 0 amide bonds. The van der Waals surface area contributed by atoms with Crippen LogP contribution in [0.15, 0.2) is 91.0 Å². The van der Waals surface area contributed by atoms with Crippen molar-refractivity contribution in [1.29, 1.82) is 0 Å². The highest BCUT2D eigenvalue weighted by Gasteiger charge is 2.50. The van der Waals surface area contributed by atoms with E-state index in [4.69, 9.17) is 33.2 Å². The number of esters is 1. The molecule has 284 valence electrons. The number of benzene rings is 3. The molecule has 0 N–H and O–H groups in total. The van der Waals surface area contributed by atoms with Gasteiger partial charge >= 0.3 is 12.1 Å². The summed E-state index contributed by atoms with van der Waals surface area (Å²) in [7, 11) is 1.52. The Morgan fingerprint density at radius 1 is 0.577 bits per heavy atom. The Morgan fingerprint density at radius 3 is 1.58 bits per heavy atom. The Kier molecular flexibility index (Phi) is 19.3. The smallest absolute Gasteiger partial charge is 0.457 e. The molecule has 0 aliphatic carbocycles. The maximum atomic E-state index is 13.4. The average molecular weight is 719 g/mol. The highest BCUT2D eigenvalue weighted by Crippen LogP contribution is 2.31. The lowest BCUT2D eigenvalue weighted by molar-refractivity contribution is -0.316. The van der Waals surface area contributed by atoms with Crippen LogP contribution in [-0.4, -0.2) is 56.5 Å². The maximum Gasteiger partial charge on any atom is 0.508 e. The van der Waals surface area contributed by atoms with Gasteiger partial charge in [-0.05, 0) is 23.1 Å². The fourth-order valence-corrected chi connectivity index (χ4v) is 6.30. The minimum atomic E-state index is -0.960. The van der Waals surface area contributed by atoms with E-state index < -0.39 is 36.9 Å². The Bertz CT molecular complexity index is 1370. The molecule has 0 saturated carbocycles. The molecule has 3 aromatic rings. The van der Waals surface area contributed by atoms with E-state index >= 15 is 0 Å². The molecular formula is C43H58O9. The van der Waals surface area contributed by atoms with Crippen LogP contribution in [0.1, 0.15) is 101 Å². The van der Waals surface area contributed by atoms with E-state index in [1.54, 1.807) is 0 Å². The molecule has 1 heterocycles. The number of hydrogen-bond donors (Lipinski definition) is 0. The molecule has 0 unspecified atom stereocenters. The number of hydrogen-bond acceptors (Lipinski definition) is 9. The third-order valence-corrected chi connectivity index (χ3v) is 9.21. The first-order valence-electron chi connectivity index (χ1n) is 19.1. The summed E-state index contributed by atoms with van der Waals surface area (Å²) < 4.78 is 42.1. The summed E-state index contributed by atoms with van der Waals surface area (Å²) in [6.45, 7) is 2.53. The molecule has 0 bridgehead atoms. The number of carbonyl (C=O) groups is 2. The van der Waals surface area contributed by atoms with Crippen LogP contribution in [0.3, 0.4) is 0 Å². The number of ether oxygens (including phenoxy) is 7. The fraction of sp³-hybridized carbons (Fsp3) is 0.535. The molecule has 9 heteroatoms. The third kappa shape index (κ3) is 15.1. The van der Waals surface area contributed by atoms with Crippen LogP contribution in [0.2, 0.25) is 0 Å². The quantitative estimate of drug-likeness (QED) is 0.0663. The van der Waals surface area contributed by atoms with Crippen molar-refractivity contribution < 1.29 is 42.7 Å². The lowest BCUT2D eigenvalue weighted by atomic mass is 9.97. The molecule has 4 rings (SSSR count). The van der Waals surface area contributed by atoms with Crippen LogP contribution in [0.4, 0.5) is 4.79 Å². The number of rotatable bonds is 24. The Morgan fingerprint density at radius 2 is 1.06 bits per heavy atom. The van der Waals surface area contributed by atoms with E-state index in [1.807, 2.05) is 91.0 Å². The second-order valence-corrected chi connectivity index (χ2v) is 13.4. The van der Waals surface area contributed by atoms with E-state index in [0.29, 0.717) is 0 Å². The van der Waals surface area contributed by atoms with Gasteiger partial charge in [-0.25, -0.2) is 4.79 Å². The summed E-state index contributed by atoms with van der Waals surface area (Å²) >= 11 is 0. The van der Waals surface area contributed by atoms with Gasteiger partial charge in [0.05, 0.1) is 13.2 Å². The minimum absolute atomic E-state index is 0.0570. The van der Waals surface area contributed by atoms with Crippen molar-refractivity contribution in [1.82, 2.24) is 0 Å². The normalized spacial score (nSPS) is 19.9. The minimum Gasteiger partial charge on any atom is -0.457 e. The molecule has 1 fully saturated rings. The molecular weight excluding hydrogens is 660 g/mol. The molecule has 0 spiro atoms. The van der Waals surface area contributed by atoms with Crippen molar-refractivity contribution in [3.63, 3.8) is 0 Å². The summed E-state index contributed by atoms with van der Waals surface area (Å²) in [5.41, 5.74) is 2.72. The van der Waals surface area contributed by atoms with Gasteiger partial charge in [0, 0.05) is 13.5 Å². The summed E-state index contributed by atoms with van der Waals surface area (Å²) in [4.78, 5) is 26.1. The third-order valence-electron chi connectivity index (χ3n) is 9.21. The van der Waals surface area contributed by atoms with Gasteiger partial charge < -0.3 is 33.2 Å². The summed E-state index contributed by atoms with van der Waals surface area (Å²) in [6, 6.07) is 28.8. The maximum absolute atomic E-state index is 13.4. The second kappa shape index (κ2) is 24.5. The van der Waals surface area contributed by atoms with Crippen molar-refractivity contribution in [2.24, 2.45) is 0 Å². The van der Waals surface area contributed by atoms with Gasteiger partial charge in [-0.2, -0.15) is 0 Å². The van der Waals surface area contributed by atoms with Crippen molar-refractivity contribution in [2.75, 3.05) is 13.7 Å². The molecule has 52 heavy (non-hydrogen) atoms. The Labute approximate surface area is 310 Å². The largest absolute Gasteiger partial charge is 0.508 e. The van der Waals surface area contributed by atoms with E-state index in [-0.39, 0.29) is 38.8 Å². The lowest BCUT2D eigenvalue weighted by Gasteiger charge is -2.44. The molecule has 9 nitrogen and oxygen atoms in total. The number of methoxy groups -OCH3 is 1. The predicted octanol–water partition coefficient (Wildman–Crippen LogP) is 9.49. The van der Waals surface area contributed by atoms with E-state index in [9.17, 15) is 9.59 Å². The Balaban J connectivity index is 1.42. The highest BCUT2D eigenvalue weighted by molar-refractivity contribution is 5.69. The lowest BCUT2D eigenvalue weighted by Crippen LogP contribution is -2.62. The monoisotopic (exact) mass is 718 g/mol. The summed E-state index contributed by atoms with van der Waals surface area (Å²) in [5, 5.41) is 0. The van der Waals surface area contributed by atoms with Crippen LogP contribution in [0.5, 0.6) is 0 Å². The molecule has 1 aliphatic rings. The first-order valence-corrected chi connectivity index (χ1v) is 19.1. The highest BCUT2D eigenvalue weighted by atomic mass is 16.7. The average Bonchev–Trinajstić information content (AvgIpc) is 3.18. The summed E-state index contributed by atoms with van der Waals surface area (Å²) in [5.74, 6) is -0.368. The number of unbranched alkanes of at least 4 members (excludes halogenated alkanes) is 10. The molecule has 5 atom stereocenters. The van der Waals surface area contributed by atoms with Crippen LogP contribution in [0.25, 0.3) is 0 Å². The fourth-order valence-electron chi connectivity index (χ4n) is 6.30. The zero-order valence-corrected chi connectivity index (χ0v) is 31.0. The van der Waals surface area contributed by atoms with Crippen molar-refractivity contribution in [2.45, 2.75) is 135 Å². The van der Waals surface area contributed by atoms with Crippen molar-refractivity contribution >= 4 is 12.1 Å². The van der Waals surface area contributed by atoms with Gasteiger partial charge in [-0.1, -0.05) is 162 Å². The van der Waals surface area contributed by atoms with Gasteiger partial charge in [-0.15, -0.1) is 0 Å². The van der Waals surface area contributed by atoms with E-state index in [1.165, 1.54) is 58.5 Å². The van der Waals surface area contributed by atoms with Gasteiger partial charge in [0.1, 0.15) is 31.5 Å². The molecule has 3 aromatic carbocycles. The van der Waals surface area contributed by atoms with Gasteiger partial charge in [0.15, 0.2) is 12.4 Å². The Hall–Kier alpha value is -3.76. The van der Waals surface area contributed by atoms with Crippen molar-refractivity contribution in [3.8, 4) is 0 Å². The molecule has 1 aliphatic heterocycles. The standard InChI is InChI=1S/C43H58O9/c1-3-4-5-6-7-8-9-10-11-12-22-29-38(44)52-39-37(33-50-43(45)49-32-36-27-20-15-21-28-36)51-42(46-2)41(48-31-35-25-18-14-19-26-35)40(39)47-30-34-23-16-13-17-24-34/h13-21,23-28,37,39-42H,3-12,22,29-33H2,1-2H3/t37-,39-,40+,41-,42+/m1/s1. The van der Waals surface area contributed by atoms with Crippen LogP contribution >= 0.6 is 0 Å². The zero-order valence-electron chi connectivity index (χ0n) is 31.0. The molecule has 0 radical (unpaired) electrons. The van der Waals surface area contributed by atoms with Crippen LogP contribution in [0, 0.1) is 0 Å². The SMILES string of the molecule is CCCCCCCCCCCCCC(=O)O[C@H]1[C@H](OCc2ccccc2)[C@@H](OCc2ccccc2)[C@@H](OC)O[C@@H]1COC(=O)OCc1ccccc1. The van der Waals surface area contributed by atoms with Gasteiger partial charge in [0.2, 0.25) is 0 Å². The predicted molar refractivity (Wildman–Crippen MR) is 199 cm³/mol. The first-order chi connectivity index (χ1) is 25.6. The van der Waals surface area contributed by atoms with Crippen LogP contribution < -0.4 is 0 Å². The molecule has 1 saturated heterocycles. The zero-order chi connectivity index (χ0) is 36.6. The molecule has 0 aromatic heterocycles. The second-order valence-electron chi connectivity index (χ2n) is 13.4. The summed E-state index contributed by atoms with van der Waals surface area (Å²) in [6.07, 6.45) is 8.05. The first kappa shape index (κ1) is 41.0. The van der Waals surface area contributed by atoms with E-state index in [0.717, 1.165) is 36.0 Å². The number of carbonyl (C=O) groups excluding carboxylic acids is 2. The topological polar surface area (TPSA) is 98.8 Å².